The molecule has 8 nitrogen and oxygen atoms in total. The Morgan fingerprint density at radius 2 is 1.70 bits per heavy atom. The summed E-state index contributed by atoms with van der Waals surface area (Å²) in [5, 5.41) is 0. The van der Waals surface area contributed by atoms with Crippen molar-refractivity contribution in [3.8, 4) is 0 Å². The summed E-state index contributed by atoms with van der Waals surface area (Å²) in [7, 11) is 0. The monoisotopic (exact) mass is 329 g/mol. The molecule has 0 saturated carbocycles. The van der Waals surface area contributed by atoms with E-state index in [0.29, 0.717) is 0 Å². The van der Waals surface area contributed by atoms with Crippen LogP contribution in [0.3, 0.4) is 0 Å². The van der Waals surface area contributed by atoms with Crippen molar-refractivity contribution < 1.29 is 38.1 Å². The van der Waals surface area contributed by atoms with Crippen LogP contribution in [-0.2, 0) is 38.1 Å². The molecule has 23 heavy (non-hydrogen) atoms. The second-order valence-electron chi connectivity index (χ2n) is 4.85. The minimum Gasteiger partial charge on any atom is -0.463 e. The Morgan fingerprint density at radius 3 is 2.22 bits per heavy atom. The number of rotatable bonds is 7. The van der Waals surface area contributed by atoms with Gasteiger partial charge in [-0.2, -0.15) is 0 Å². The molecule has 129 valence electrons. The van der Waals surface area contributed by atoms with Gasteiger partial charge in [0.15, 0.2) is 12.2 Å². The van der Waals surface area contributed by atoms with E-state index in [0.717, 1.165) is 0 Å². The molecule has 1 aliphatic rings. The summed E-state index contributed by atoms with van der Waals surface area (Å²) < 4.78 is 26.2. The Balaban J connectivity index is 2.93. The molecular formula is C15H21O8. The predicted molar refractivity (Wildman–Crippen MR) is 76.9 cm³/mol. The van der Waals surface area contributed by atoms with Gasteiger partial charge in [-0.25, -0.2) is 0 Å². The van der Waals surface area contributed by atoms with Gasteiger partial charge in [-0.1, -0.05) is 6.08 Å². The lowest BCUT2D eigenvalue weighted by Crippen LogP contribution is -2.56. The summed E-state index contributed by atoms with van der Waals surface area (Å²) >= 11 is 0. The Hall–Kier alpha value is -1.93. The van der Waals surface area contributed by atoms with E-state index in [1.165, 1.54) is 33.5 Å². The molecule has 0 N–H and O–H groups in total. The van der Waals surface area contributed by atoms with Gasteiger partial charge in [0, 0.05) is 20.8 Å². The van der Waals surface area contributed by atoms with E-state index in [1.54, 1.807) is 0 Å². The van der Waals surface area contributed by atoms with Crippen LogP contribution >= 0.6 is 0 Å². The van der Waals surface area contributed by atoms with E-state index in [9.17, 15) is 14.4 Å². The standard InChI is InChI=1S/C15H21O8/c1-5-6-19-12-8-21-13(7-20-9(2)16)15(23-11(4)18)14(12)22-10(3)17/h5,8,12-15H,1,6-7H2,2-4H3/t12-,13+,14+,15-/m0/s1. The normalized spacial score (nSPS) is 26.9. The number of carbonyl (C=O) groups is 3. The summed E-state index contributed by atoms with van der Waals surface area (Å²) in [5.41, 5.74) is 0. The molecule has 0 unspecified atom stereocenters. The maximum absolute atomic E-state index is 11.4. The Labute approximate surface area is 134 Å². The van der Waals surface area contributed by atoms with Crippen LogP contribution in [0.15, 0.2) is 12.7 Å². The molecule has 0 aromatic carbocycles. The van der Waals surface area contributed by atoms with Crippen molar-refractivity contribution in [2.75, 3.05) is 13.2 Å². The molecule has 1 radical (unpaired) electrons. The van der Waals surface area contributed by atoms with Crippen molar-refractivity contribution in [2.45, 2.75) is 45.2 Å². The fraction of sp³-hybridized carbons (Fsp3) is 0.600. The Morgan fingerprint density at radius 1 is 1.09 bits per heavy atom. The SMILES string of the molecule is C=CCO[C@H]1[CH]O[C@H](COC(C)=O)[C@H](OC(C)=O)[C@@H]1OC(C)=O. The van der Waals surface area contributed by atoms with Crippen LogP contribution in [0, 0.1) is 6.61 Å². The van der Waals surface area contributed by atoms with E-state index in [4.69, 9.17) is 23.7 Å². The predicted octanol–water partition coefficient (Wildman–Crippen LogP) is 0.545. The number of hydrogen-bond donors (Lipinski definition) is 0. The van der Waals surface area contributed by atoms with Crippen molar-refractivity contribution in [3.05, 3.63) is 19.3 Å². The maximum atomic E-state index is 11.4. The van der Waals surface area contributed by atoms with Crippen molar-refractivity contribution in [3.63, 3.8) is 0 Å². The van der Waals surface area contributed by atoms with Gasteiger partial charge in [0.05, 0.1) is 6.61 Å². The van der Waals surface area contributed by atoms with Gasteiger partial charge in [0.25, 0.3) is 0 Å². The molecule has 1 aliphatic heterocycles. The molecule has 0 aromatic rings. The first-order chi connectivity index (χ1) is 10.8. The average molecular weight is 329 g/mol. The van der Waals surface area contributed by atoms with Crippen LogP contribution in [-0.4, -0.2) is 55.5 Å². The smallest absolute Gasteiger partial charge is 0.303 e. The third kappa shape index (κ3) is 6.37. The summed E-state index contributed by atoms with van der Waals surface area (Å²) in [6, 6.07) is 0. The van der Waals surface area contributed by atoms with Crippen LogP contribution in [0.5, 0.6) is 0 Å². The number of esters is 3. The zero-order valence-corrected chi connectivity index (χ0v) is 13.4. The van der Waals surface area contributed by atoms with Gasteiger partial charge in [-0.05, 0) is 0 Å². The van der Waals surface area contributed by atoms with Gasteiger partial charge in [-0.3, -0.25) is 14.4 Å². The van der Waals surface area contributed by atoms with Gasteiger partial charge in [0.1, 0.15) is 25.4 Å². The largest absolute Gasteiger partial charge is 0.463 e. The molecule has 0 aliphatic carbocycles. The summed E-state index contributed by atoms with van der Waals surface area (Å²) in [6.07, 6.45) is -1.95. The minimum absolute atomic E-state index is 0.157. The maximum Gasteiger partial charge on any atom is 0.303 e. The molecular weight excluding hydrogens is 308 g/mol. The van der Waals surface area contributed by atoms with Gasteiger partial charge < -0.3 is 23.7 Å². The zero-order valence-electron chi connectivity index (χ0n) is 13.4. The molecule has 4 atom stereocenters. The Bertz CT molecular complexity index is 447. The molecule has 0 spiro atoms. The molecule has 1 fully saturated rings. The Kier molecular flexibility index (Phi) is 7.70. The van der Waals surface area contributed by atoms with Crippen LogP contribution in [0.2, 0.25) is 0 Å². The van der Waals surface area contributed by atoms with E-state index < -0.39 is 42.3 Å². The molecule has 0 amide bonds. The second kappa shape index (κ2) is 9.26. The lowest BCUT2D eigenvalue weighted by atomic mass is 9.99. The summed E-state index contributed by atoms with van der Waals surface area (Å²) in [6.45, 7) is 8.57. The van der Waals surface area contributed by atoms with Crippen molar-refractivity contribution in [2.24, 2.45) is 0 Å². The summed E-state index contributed by atoms with van der Waals surface area (Å²) in [5.74, 6) is -1.67. The number of hydrogen-bond acceptors (Lipinski definition) is 8. The average Bonchev–Trinajstić information content (AvgIpc) is 2.45. The quantitative estimate of drug-likeness (QED) is 0.379. The third-order valence-electron chi connectivity index (χ3n) is 2.86. The highest BCUT2D eigenvalue weighted by Crippen LogP contribution is 2.26. The van der Waals surface area contributed by atoms with E-state index >= 15 is 0 Å². The molecule has 1 rings (SSSR count). The van der Waals surface area contributed by atoms with Crippen molar-refractivity contribution >= 4 is 17.9 Å². The van der Waals surface area contributed by atoms with Crippen LogP contribution in [0.4, 0.5) is 0 Å². The topological polar surface area (TPSA) is 97.4 Å². The molecule has 0 bridgehead atoms. The van der Waals surface area contributed by atoms with Crippen LogP contribution in [0.25, 0.3) is 0 Å². The molecule has 0 aromatic heterocycles. The third-order valence-corrected chi connectivity index (χ3v) is 2.86. The first kappa shape index (κ1) is 19.1. The fourth-order valence-electron chi connectivity index (χ4n) is 2.04. The van der Waals surface area contributed by atoms with E-state index in [2.05, 4.69) is 6.58 Å². The fourth-order valence-corrected chi connectivity index (χ4v) is 2.04. The highest BCUT2D eigenvalue weighted by molar-refractivity contribution is 5.67. The first-order valence-electron chi connectivity index (χ1n) is 7.04. The number of carbonyl (C=O) groups excluding carboxylic acids is 3. The van der Waals surface area contributed by atoms with Crippen LogP contribution < -0.4 is 0 Å². The number of ether oxygens (including phenoxy) is 5. The lowest BCUT2D eigenvalue weighted by Gasteiger charge is -2.40. The highest BCUT2D eigenvalue weighted by atomic mass is 16.6. The van der Waals surface area contributed by atoms with Gasteiger partial charge in [-0.15, -0.1) is 6.58 Å². The van der Waals surface area contributed by atoms with Gasteiger partial charge >= 0.3 is 17.9 Å². The second-order valence-corrected chi connectivity index (χ2v) is 4.85. The lowest BCUT2D eigenvalue weighted by molar-refractivity contribution is -0.216. The summed E-state index contributed by atoms with van der Waals surface area (Å²) in [4.78, 5) is 33.7. The zero-order chi connectivity index (χ0) is 17.4. The van der Waals surface area contributed by atoms with E-state index in [1.807, 2.05) is 0 Å². The minimum atomic E-state index is -0.976. The molecule has 1 heterocycles. The van der Waals surface area contributed by atoms with Gasteiger partial charge in [0.2, 0.25) is 0 Å². The molecule has 8 heteroatoms. The van der Waals surface area contributed by atoms with E-state index in [-0.39, 0.29) is 13.2 Å². The molecule has 1 saturated heterocycles. The van der Waals surface area contributed by atoms with Crippen molar-refractivity contribution in [1.29, 1.82) is 0 Å². The van der Waals surface area contributed by atoms with Crippen molar-refractivity contribution in [1.82, 2.24) is 0 Å². The first-order valence-corrected chi connectivity index (χ1v) is 7.04. The van der Waals surface area contributed by atoms with Crippen LogP contribution in [0.1, 0.15) is 20.8 Å². The highest BCUT2D eigenvalue weighted by Gasteiger charge is 2.46.